The van der Waals surface area contributed by atoms with E-state index in [1.54, 1.807) is 6.20 Å². The van der Waals surface area contributed by atoms with Gasteiger partial charge in [0.1, 0.15) is 6.10 Å². The molecule has 0 N–H and O–H groups in total. The Kier molecular flexibility index (Phi) is 5.76. The van der Waals surface area contributed by atoms with E-state index in [9.17, 15) is 4.79 Å². The lowest BCUT2D eigenvalue weighted by molar-refractivity contribution is 0.0771. The molecule has 26 heavy (non-hydrogen) atoms. The first-order valence-corrected chi connectivity index (χ1v) is 9.34. The molecule has 3 rings (SSSR count). The maximum absolute atomic E-state index is 12.8. The SMILES string of the molecule is CCN(CC)c1ccc(C(=O)N2CCC(Oc3ccc(C)cn3)C2)cc1. The Morgan fingerprint density at radius 1 is 1.19 bits per heavy atom. The van der Waals surface area contributed by atoms with Crippen molar-refractivity contribution in [3.05, 3.63) is 53.7 Å². The largest absolute Gasteiger partial charge is 0.472 e. The number of hydrogen-bond acceptors (Lipinski definition) is 4. The van der Waals surface area contributed by atoms with E-state index in [1.165, 1.54) is 0 Å². The van der Waals surface area contributed by atoms with Crippen LogP contribution in [0.15, 0.2) is 42.6 Å². The van der Waals surface area contributed by atoms with Crippen molar-refractivity contribution in [3.63, 3.8) is 0 Å². The van der Waals surface area contributed by atoms with Crippen molar-refractivity contribution in [1.29, 1.82) is 0 Å². The normalized spacial score (nSPS) is 16.6. The molecule has 0 radical (unpaired) electrons. The number of hydrogen-bond donors (Lipinski definition) is 0. The minimum absolute atomic E-state index is 0.00380. The number of ether oxygens (including phenoxy) is 1. The molecule has 138 valence electrons. The summed E-state index contributed by atoms with van der Waals surface area (Å²) in [6.45, 7) is 9.51. The molecule has 1 aromatic carbocycles. The number of aromatic nitrogens is 1. The molecule has 1 saturated heterocycles. The molecular formula is C21H27N3O2. The fourth-order valence-electron chi connectivity index (χ4n) is 3.29. The van der Waals surface area contributed by atoms with Gasteiger partial charge in [0.15, 0.2) is 0 Å². The molecule has 1 unspecified atom stereocenters. The zero-order valence-electron chi connectivity index (χ0n) is 15.8. The van der Waals surface area contributed by atoms with E-state index in [0.717, 1.165) is 36.3 Å². The number of benzene rings is 1. The second-order valence-corrected chi connectivity index (χ2v) is 6.67. The second kappa shape index (κ2) is 8.21. The molecule has 2 aromatic rings. The van der Waals surface area contributed by atoms with Gasteiger partial charge in [-0.15, -0.1) is 0 Å². The summed E-state index contributed by atoms with van der Waals surface area (Å²) in [6, 6.07) is 11.8. The summed E-state index contributed by atoms with van der Waals surface area (Å²) in [5.41, 5.74) is 2.99. The Bertz CT molecular complexity index is 724. The topological polar surface area (TPSA) is 45.7 Å². The lowest BCUT2D eigenvalue weighted by Gasteiger charge is -2.22. The summed E-state index contributed by atoms with van der Waals surface area (Å²) in [5, 5.41) is 0. The Morgan fingerprint density at radius 2 is 1.92 bits per heavy atom. The van der Waals surface area contributed by atoms with Crippen LogP contribution in [0, 0.1) is 6.92 Å². The highest BCUT2D eigenvalue weighted by atomic mass is 16.5. The van der Waals surface area contributed by atoms with Gasteiger partial charge in [-0.25, -0.2) is 4.98 Å². The first kappa shape index (κ1) is 18.2. The Morgan fingerprint density at radius 3 is 2.54 bits per heavy atom. The van der Waals surface area contributed by atoms with Crippen molar-refractivity contribution in [2.24, 2.45) is 0 Å². The lowest BCUT2D eigenvalue weighted by atomic mass is 10.1. The number of anilines is 1. The van der Waals surface area contributed by atoms with Gasteiger partial charge in [-0.2, -0.15) is 0 Å². The fourth-order valence-corrected chi connectivity index (χ4v) is 3.29. The number of nitrogens with zero attached hydrogens (tertiary/aromatic N) is 3. The van der Waals surface area contributed by atoms with Crippen LogP contribution in [0.25, 0.3) is 0 Å². The van der Waals surface area contributed by atoms with Crippen LogP contribution >= 0.6 is 0 Å². The molecule has 0 spiro atoms. The van der Waals surface area contributed by atoms with E-state index in [1.807, 2.05) is 48.2 Å². The van der Waals surface area contributed by atoms with Crippen molar-refractivity contribution in [3.8, 4) is 5.88 Å². The first-order chi connectivity index (χ1) is 12.6. The van der Waals surface area contributed by atoms with Crippen molar-refractivity contribution < 1.29 is 9.53 Å². The van der Waals surface area contributed by atoms with Crippen LogP contribution in [0.5, 0.6) is 5.88 Å². The third-order valence-corrected chi connectivity index (χ3v) is 4.85. The predicted octanol–water partition coefficient (Wildman–Crippen LogP) is 3.53. The predicted molar refractivity (Wildman–Crippen MR) is 104 cm³/mol. The third-order valence-electron chi connectivity index (χ3n) is 4.85. The van der Waals surface area contributed by atoms with Crippen molar-refractivity contribution in [2.75, 3.05) is 31.1 Å². The third kappa shape index (κ3) is 4.15. The number of carbonyl (C=O) groups is 1. The molecule has 1 fully saturated rings. The molecule has 1 amide bonds. The van der Waals surface area contributed by atoms with Gasteiger partial charge in [0, 0.05) is 49.6 Å². The van der Waals surface area contributed by atoms with Crippen molar-refractivity contribution in [1.82, 2.24) is 9.88 Å². The van der Waals surface area contributed by atoms with E-state index in [0.29, 0.717) is 19.0 Å². The average molecular weight is 353 g/mol. The highest BCUT2D eigenvalue weighted by Gasteiger charge is 2.28. The smallest absolute Gasteiger partial charge is 0.253 e. The zero-order valence-corrected chi connectivity index (χ0v) is 15.8. The number of aryl methyl sites for hydroxylation is 1. The number of rotatable bonds is 6. The number of carbonyl (C=O) groups excluding carboxylic acids is 1. The first-order valence-electron chi connectivity index (χ1n) is 9.34. The van der Waals surface area contributed by atoms with Crippen LogP contribution in [0.2, 0.25) is 0 Å². The molecule has 5 nitrogen and oxygen atoms in total. The molecular weight excluding hydrogens is 326 g/mol. The van der Waals surface area contributed by atoms with Crippen molar-refractivity contribution >= 4 is 11.6 Å². The Balaban J connectivity index is 1.59. The van der Waals surface area contributed by atoms with Gasteiger partial charge in [-0.05, 0) is 50.6 Å². The van der Waals surface area contributed by atoms with Gasteiger partial charge in [0.2, 0.25) is 5.88 Å². The maximum atomic E-state index is 12.8. The van der Waals surface area contributed by atoms with Gasteiger partial charge in [0.05, 0.1) is 6.54 Å². The lowest BCUT2D eigenvalue weighted by Crippen LogP contribution is -2.31. The van der Waals surface area contributed by atoms with Gasteiger partial charge in [-0.3, -0.25) is 4.79 Å². The maximum Gasteiger partial charge on any atom is 0.253 e. The summed E-state index contributed by atoms with van der Waals surface area (Å²) in [6.07, 6.45) is 2.63. The average Bonchev–Trinajstić information content (AvgIpc) is 3.13. The minimum atomic E-state index is 0.00380. The van der Waals surface area contributed by atoms with Crippen LogP contribution in [-0.2, 0) is 0 Å². The van der Waals surface area contributed by atoms with E-state index >= 15 is 0 Å². The van der Waals surface area contributed by atoms with E-state index in [2.05, 4.69) is 23.7 Å². The Hall–Kier alpha value is -2.56. The standard InChI is InChI=1S/C21H27N3O2/c1-4-23(5-2)18-9-7-17(8-10-18)21(25)24-13-12-19(15-24)26-20-11-6-16(3)14-22-20/h6-11,14,19H,4-5,12-13,15H2,1-3H3. The summed E-state index contributed by atoms with van der Waals surface area (Å²) in [7, 11) is 0. The van der Waals surface area contributed by atoms with Gasteiger partial charge in [0.25, 0.3) is 5.91 Å². The minimum Gasteiger partial charge on any atom is -0.472 e. The molecule has 0 bridgehead atoms. The van der Waals surface area contributed by atoms with Crippen LogP contribution in [0.1, 0.15) is 36.2 Å². The van der Waals surface area contributed by atoms with Crippen LogP contribution in [0.3, 0.4) is 0 Å². The highest BCUT2D eigenvalue weighted by Crippen LogP contribution is 2.20. The van der Waals surface area contributed by atoms with Crippen LogP contribution < -0.4 is 9.64 Å². The zero-order chi connectivity index (χ0) is 18.5. The van der Waals surface area contributed by atoms with Crippen LogP contribution in [-0.4, -0.2) is 48.1 Å². The van der Waals surface area contributed by atoms with Crippen molar-refractivity contribution in [2.45, 2.75) is 33.3 Å². The quantitative estimate of drug-likeness (QED) is 0.797. The molecule has 1 aliphatic rings. The molecule has 0 aliphatic carbocycles. The number of likely N-dealkylation sites (tertiary alicyclic amines) is 1. The molecule has 1 aromatic heterocycles. The fraction of sp³-hybridized carbons (Fsp3) is 0.429. The summed E-state index contributed by atoms with van der Waals surface area (Å²) < 4.78 is 5.91. The molecule has 2 heterocycles. The summed E-state index contributed by atoms with van der Waals surface area (Å²) in [5.74, 6) is 0.692. The Labute approximate surface area is 155 Å². The van der Waals surface area contributed by atoms with Crippen LogP contribution in [0.4, 0.5) is 5.69 Å². The molecule has 0 saturated carbocycles. The van der Waals surface area contributed by atoms with E-state index < -0.39 is 0 Å². The second-order valence-electron chi connectivity index (χ2n) is 6.67. The van der Waals surface area contributed by atoms with Gasteiger partial charge >= 0.3 is 0 Å². The molecule has 5 heteroatoms. The molecule has 1 aliphatic heterocycles. The van der Waals surface area contributed by atoms with Gasteiger partial charge < -0.3 is 14.5 Å². The molecule has 1 atom stereocenters. The monoisotopic (exact) mass is 353 g/mol. The number of amides is 1. The summed E-state index contributed by atoms with van der Waals surface area (Å²) in [4.78, 5) is 21.2. The highest BCUT2D eigenvalue weighted by molar-refractivity contribution is 5.94. The van der Waals surface area contributed by atoms with Gasteiger partial charge in [-0.1, -0.05) is 6.07 Å². The summed E-state index contributed by atoms with van der Waals surface area (Å²) >= 11 is 0. The van der Waals surface area contributed by atoms with E-state index in [4.69, 9.17) is 4.74 Å². The number of pyridine rings is 1. The van der Waals surface area contributed by atoms with E-state index in [-0.39, 0.29) is 12.0 Å².